The summed E-state index contributed by atoms with van der Waals surface area (Å²) in [5, 5.41) is 0. The van der Waals surface area contributed by atoms with Crippen LogP contribution in [-0.4, -0.2) is 18.8 Å². The molecule has 0 N–H and O–H groups in total. The molecule has 1 nitrogen and oxygen atoms in total. The molecule has 0 atom stereocenters. The Morgan fingerprint density at radius 1 is 1.15 bits per heavy atom. The smallest absolute Gasteiger partial charge is 0.110 e. The highest BCUT2D eigenvalue weighted by atomic mass is 32.4. The van der Waals surface area contributed by atoms with Gasteiger partial charge in [0.05, 0.1) is 5.88 Å². The van der Waals surface area contributed by atoms with Gasteiger partial charge in [-0.3, -0.25) is 4.99 Å². The van der Waals surface area contributed by atoms with Crippen LogP contribution in [0.2, 0.25) is 19.6 Å². The summed E-state index contributed by atoms with van der Waals surface area (Å²) in [6.07, 6.45) is 6.70. The van der Waals surface area contributed by atoms with E-state index in [9.17, 15) is 0 Å². The Morgan fingerprint density at radius 2 is 1.77 bits per heavy atom. The lowest BCUT2D eigenvalue weighted by atomic mass is 9.99. The van der Waals surface area contributed by atoms with Crippen molar-refractivity contribution in [2.75, 3.05) is 5.88 Å². The number of aliphatic imine (C=N–C) groups is 1. The van der Waals surface area contributed by atoms with Crippen LogP contribution < -0.4 is 0 Å². The summed E-state index contributed by atoms with van der Waals surface area (Å²) in [5.41, 5.74) is 1.48. The molecule has 0 aliphatic heterocycles. The van der Waals surface area contributed by atoms with Gasteiger partial charge in [-0.05, 0) is 25.7 Å². The first-order chi connectivity index (χ1) is 6.08. The maximum Gasteiger partial charge on any atom is 0.110 e. The molecule has 1 aliphatic rings. The summed E-state index contributed by atoms with van der Waals surface area (Å²) in [5.74, 6) is 1.02. The van der Waals surface area contributed by atoms with Gasteiger partial charge in [-0.1, -0.05) is 26.1 Å². The van der Waals surface area contributed by atoms with E-state index < -0.39 is 7.22 Å². The monoisotopic (exact) mass is 215 g/mol. The fourth-order valence-corrected chi connectivity index (χ4v) is 3.43. The van der Waals surface area contributed by atoms with Crippen molar-refractivity contribution < 1.29 is 0 Å². The number of nitrogens with zero attached hydrogens (tertiary/aromatic N) is 1. The van der Waals surface area contributed by atoms with Gasteiger partial charge in [0.25, 0.3) is 0 Å². The number of rotatable bonds is 3. The predicted octanol–water partition coefficient (Wildman–Crippen LogP) is 3.92. The normalized spacial score (nSPS) is 18.8. The molecule has 0 amide bonds. The van der Waals surface area contributed by atoms with Gasteiger partial charge in [-0.2, -0.15) is 11.2 Å². The summed E-state index contributed by atoms with van der Waals surface area (Å²) in [6, 6.07) is 0. The van der Waals surface area contributed by atoms with Crippen LogP contribution in [0.3, 0.4) is 0 Å². The third-order valence-corrected chi connectivity index (χ3v) is 6.33. The van der Waals surface area contributed by atoms with Crippen LogP contribution >= 0.6 is 11.2 Å². The molecule has 0 aromatic carbocycles. The van der Waals surface area contributed by atoms with Gasteiger partial charge in [0, 0.05) is 5.71 Å². The molecule has 0 radical (unpaired) electrons. The lowest BCUT2D eigenvalue weighted by Gasteiger charge is -2.15. The Balaban J connectivity index is 2.22. The van der Waals surface area contributed by atoms with Crippen molar-refractivity contribution in [3.8, 4) is 0 Å². The molecule has 13 heavy (non-hydrogen) atoms. The second-order valence-corrected chi connectivity index (χ2v) is 14.0. The van der Waals surface area contributed by atoms with Crippen LogP contribution in [0.1, 0.15) is 32.1 Å². The minimum absolute atomic E-state index is 0.932. The summed E-state index contributed by atoms with van der Waals surface area (Å²) < 4.78 is 0. The van der Waals surface area contributed by atoms with Gasteiger partial charge >= 0.3 is 0 Å². The zero-order valence-corrected chi connectivity index (χ0v) is 10.9. The molecular formula is C10H21NSSi. The van der Waals surface area contributed by atoms with Crippen molar-refractivity contribution >= 4 is 24.1 Å². The van der Waals surface area contributed by atoms with Crippen molar-refractivity contribution in [3.05, 3.63) is 0 Å². The third-order valence-electron chi connectivity index (χ3n) is 2.22. The van der Waals surface area contributed by atoms with Crippen molar-refractivity contribution in [2.45, 2.75) is 51.7 Å². The maximum atomic E-state index is 4.68. The molecule has 0 spiro atoms. The summed E-state index contributed by atoms with van der Waals surface area (Å²) in [4.78, 5) is 4.68. The van der Waals surface area contributed by atoms with E-state index in [2.05, 4.69) is 35.8 Å². The molecule has 3 heteroatoms. The van der Waals surface area contributed by atoms with E-state index in [1.54, 1.807) is 0 Å². The average Bonchev–Trinajstić information content (AvgIpc) is 2.04. The SMILES string of the molecule is C[Si](C)(C)SCN=C1CCCCC1. The predicted molar refractivity (Wildman–Crippen MR) is 66.3 cm³/mol. The van der Waals surface area contributed by atoms with Crippen LogP contribution in [0.4, 0.5) is 0 Å². The van der Waals surface area contributed by atoms with Crippen LogP contribution in [0.5, 0.6) is 0 Å². The van der Waals surface area contributed by atoms with Crippen LogP contribution in [0, 0.1) is 0 Å². The minimum Gasteiger partial charge on any atom is -0.284 e. The second-order valence-electron chi connectivity index (χ2n) is 4.67. The molecular weight excluding hydrogens is 194 g/mol. The fraction of sp³-hybridized carbons (Fsp3) is 0.900. The summed E-state index contributed by atoms with van der Waals surface area (Å²) in [7, 11) is -0.932. The Morgan fingerprint density at radius 3 is 2.31 bits per heavy atom. The molecule has 1 rings (SSSR count). The molecule has 0 saturated heterocycles. The van der Waals surface area contributed by atoms with Crippen LogP contribution in [-0.2, 0) is 0 Å². The van der Waals surface area contributed by atoms with E-state index >= 15 is 0 Å². The Bertz CT molecular complexity index is 176. The largest absolute Gasteiger partial charge is 0.284 e. The number of hydrogen-bond acceptors (Lipinski definition) is 2. The average molecular weight is 215 g/mol. The molecule has 0 bridgehead atoms. The van der Waals surface area contributed by atoms with Crippen molar-refractivity contribution in [3.63, 3.8) is 0 Å². The topological polar surface area (TPSA) is 12.4 Å². The molecule has 0 heterocycles. The molecule has 76 valence electrons. The highest BCUT2D eigenvalue weighted by molar-refractivity contribution is 8.28. The van der Waals surface area contributed by atoms with E-state index in [-0.39, 0.29) is 0 Å². The van der Waals surface area contributed by atoms with Gasteiger partial charge in [0.2, 0.25) is 0 Å². The summed E-state index contributed by atoms with van der Waals surface area (Å²) >= 11 is 2.08. The van der Waals surface area contributed by atoms with Crippen molar-refractivity contribution in [1.82, 2.24) is 0 Å². The van der Waals surface area contributed by atoms with Gasteiger partial charge in [-0.25, -0.2) is 0 Å². The van der Waals surface area contributed by atoms with E-state index in [4.69, 9.17) is 0 Å². The minimum atomic E-state index is -0.932. The van der Waals surface area contributed by atoms with Gasteiger partial charge < -0.3 is 0 Å². The van der Waals surface area contributed by atoms with Crippen LogP contribution in [0.15, 0.2) is 4.99 Å². The van der Waals surface area contributed by atoms with E-state index in [0.717, 1.165) is 5.88 Å². The first-order valence-corrected chi connectivity index (χ1v) is 10.5. The van der Waals surface area contributed by atoms with E-state index in [0.29, 0.717) is 0 Å². The van der Waals surface area contributed by atoms with E-state index in [1.807, 2.05) is 0 Å². The molecule has 1 saturated carbocycles. The Labute approximate surface area is 87.1 Å². The molecule has 0 unspecified atom stereocenters. The first kappa shape index (κ1) is 11.3. The Kier molecular flexibility index (Phi) is 4.53. The highest BCUT2D eigenvalue weighted by Crippen LogP contribution is 2.21. The first-order valence-electron chi connectivity index (χ1n) is 5.24. The maximum absolute atomic E-state index is 4.68. The fourth-order valence-electron chi connectivity index (χ4n) is 1.44. The standard InChI is InChI=1S/C10H21NSSi/c1-13(2,3)12-9-11-10-7-5-4-6-8-10/h4-9H2,1-3H3. The third kappa shape index (κ3) is 5.52. The molecule has 0 aromatic heterocycles. The molecule has 1 aliphatic carbocycles. The van der Waals surface area contributed by atoms with E-state index in [1.165, 1.54) is 37.8 Å². The highest BCUT2D eigenvalue weighted by Gasteiger charge is 2.13. The lowest BCUT2D eigenvalue weighted by molar-refractivity contribution is 0.665. The summed E-state index contributed by atoms with van der Waals surface area (Å²) in [6.45, 7) is 7.16. The van der Waals surface area contributed by atoms with Gasteiger partial charge in [-0.15, -0.1) is 0 Å². The van der Waals surface area contributed by atoms with Gasteiger partial charge in [0.15, 0.2) is 0 Å². The van der Waals surface area contributed by atoms with Crippen molar-refractivity contribution in [2.24, 2.45) is 4.99 Å². The lowest BCUT2D eigenvalue weighted by Crippen LogP contribution is -2.15. The van der Waals surface area contributed by atoms with Crippen molar-refractivity contribution in [1.29, 1.82) is 0 Å². The van der Waals surface area contributed by atoms with Gasteiger partial charge in [0.1, 0.15) is 7.22 Å². The number of hydrogen-bond donors (Lipinski definition) is 0. The molecule has 0 aromatic rings. The zero-order valence-electron chi connectivity index (χ0n) is 9.10. The Hall–Kier alpha value is 0.237. The van der Waals surface area contributed by atoms with Crippen LogP contribution in [0.25, 0.3) is 0 Å². The zero-order chi connectivity index (χ0) is 9.73. The molecule has 1 fully saturated rings. The quantitative estimate of drug-likeness (QED) is 0.650. The second kappa shape index (κ2) is 5.20.